The van der Waals surface area contributed by atoms with Gasteiger partial charge in [0.25, 0.3) is 0 Å². The van der Waals surface area contributed by atoms with E-state index in [4.69, 9.17) is 9.47 Å². The van der Waals surface area contributed by atoms with Gasteiger partial charge in [-0.25, -0.2) is 0 Å². The van der Waals surface area contributed by atoms with Crippen molar-refractivity contribution < 1.29 is 9.47 Å². The van der Waals surface area contributed by atoms with E-state index in [1.165, 1.54) is 39.4 Å². The van der Waals surface area contributed by atoms with Gasteiger partial charge in [-0.2, -0.15) is 0 Å². The van der Waals surface area contributed by atoms with E-state index in [0.717, 1.165) is 24.5 Å². The van der Waals surface area contributed by atoms with E-state index < -0.39 is 0 Å². The van der Waals surface area contributed by atoms with E-state index in [9.17, 15) is 0 Å². The van der Waals surface area contributed by atoms with Crippen LogP contribution in [0, 0.1) is 0 Å². The predicted molar refractivity (Wildman–Crippen MR) is 119 cm³/mol. The number of nitrogens with zero attached hydrogens (tertiary/aromatic N) is 2. The van der Waals surface area contributed by atoms with Gasteiger partial charge in [0.1, 0.15) is 11.5 Å². The van der Waals surface area contributed by atoms with Crippen molar-refractivity contribution in [1.82, 2.24) is 0 Å². The van der Waals surface area contributed by atoms with E-state index in [0.29, 0.717) is 0 Å². The van der Waals surface area contributed by atoms with Crippen molar-refractivity contribution in [3.05, 3.63) is 71.3 Å². The van der Waals surface area contributed by atoms with E-state index >= 15 is 0 Å². The van der Waals surface area contributed by atoms with Crippen LogP contribution in [0.3, 0.4) is 0 Å². The number of rotatable bonds is 4. The number of fused-ring (bicyclic) bond motifs is 4. The highest BCUT2D eigenvalue weighted by molar-refractivity contribution is 5.91. The van der Waals surface area contributed by atoms with Crippen LogP contribution >= 0.6 is 0 Å². The normalized spacial score (nSPS) is 16.1. The third kappa shape index (κ3) is 2.38. The first-order chi connectivity index (χ1) is 14.2. The second-order valence-corrected chi connectivity index (χ2v) is 7.64. The highest BCUT2D eigenvalue weighted by atomic mass is 16.5. The molecule has 3 aromatic rings. The van der Waals surface area contributed by atoms with Crippen LogP contribution in [0.1, 0.15) is 36.0 Å². The molecule has 0 bridgehead atoms. The van der Waals surface area contributed by atoms with Gasteiger partial charge in [-0.1, -0.05) is 25.1 Å². The molecule has 4 nitrogen and oxygen atoms in total. The smallest absolute Gasteiger partial charge is 0.125 e. The summed E-state index contributed by atoms with van der Waals surface area (Å²) in [6.45, 7) is 3.19. The zero-order chi connectivity index (χ0) is 20.1. The Bertz CT molecular complexity index is 1070. The Labute approximate surface area is 172 Å². The molecule has 0 spiro atoms. The molecule has 0 saturated heterocycles. The van der Waals surface area contributed by atoms with Gasteiger partial charge in [0, 0.05) is 59.0 Å². The minimum atomic E-state index is 0.0720. The second-order valence-electron chi connectivity index (χ2n) is 7.64. The molecule has 148 valence electrons. The van der Waals surface area contributed by atoms with Crippen LogP contribution in [0.2, 0.25) is 0 Å². The molecule has 0 aromatic heterocycles. The maximum atomic E-state index is 5.88. The summed E-state index contributed by atoms with van der Waals surface area (Å²) >= 11 is 0. The lowest BCUT2D eigenvalue weighted by molar-refractivity contribution is 0.402. The molecule has 1 unspecified atom stereocenters. The third-order valence-corrected chi connectivity index (χ3v) is 6.20. The summed E-state index contributed by atoms with van der Waals surface area (Å²) in [5.41, 5.74) is 8.69. The highest BCUT2D eigenvalue weighted by Crippen LogP contribution is 2.60. The monoisotopic (exact) mass is 386 g/mol. The summed E-state index contributed by atoms with van der Waals surface area (Å²) in [7, 11) is 5.66. The molecule has 2 aliphatic rings. The Morgan fingerprint density at radius 1 is 0.724 bits per heavy atom. The molecule has 0 saturated carbocycles. The number of benzene rings is 3. The van der Waals surface area contributed by atoms with Crippen LogP contribution in [0.15, 0.2) is 54.6 Å². The summed E-state index contributed by atoms with van der Waals surface area (Å²) < 4.78 is 11.7. The number of methoxy groups -OCH3 is 2. The van der Waals surface area contributed by atoms with Crippen LogP contribution < -0.4 is 19.3 Å². The van der Waals surface area contributed by atoms with Crippen molar-refractivity contribution in [2.75, 3.05) is 37.6 Å². The molecule has 1 atom stereocenters. The summed E-state index contributed by atoms with van der Waals surface area (Å²) in [5.74, 6) is 1.92. The van der Waals surface area contributed by atoms with Crippen molar-refractivity contribution in [2.24, 2.45) is 0 Å². The van der Waals surface area contributed by atoms with E-state index in [-0.39, 0.29) is 5.92 Å². The maximum Gasteiger partial charge on any atom is 0.125 e. The molecule has 2 heterocycles. The van der Waals surface area contributed by atoms with Gasteiger partial charge >= 0.3 is 0 Å². The number of ether oxygens (including phenoxy) is 2. The van der Waals surface area contributed by atoms with Crippen LogP contribution in [-0.4, -0.2) is 27.8 Å². The summed E-state index contributed by atoms with van der Waals surface area (Å²) in [4.78, 5) is 4.74. The first kappa shape index (κ1) is 17.9. The molecular formula is C25H26N2O2. The third-order valence-electron chi connectivity index (χ3n) is 6.20. The zero-order valence-electron chi connectivity index (χ0n) is 17.4. The minimum absolute atomic E-state index is 0.0720. The van der Waals surface area contributed by atoms with Crippen molar-refractivity contribution in [2.45, 2.75) is 19.3 Å². The fraction of sp³-hybridized carbons (Fsp3) is 0.280. The van der Waals surface area contributed by atoms with E-state index in [1.807, 2.05) is 0 Å². The van der Waals surface area contributed by atoms with Gasteiger partial charge in [0.2, 0.25) is 0 Å². The molecular weight excluding hydrogens is 360 g/mol. The van der Waals surface area contributed by atoms with Gasteiger partial charge in [-0.3, -0.25) is 0 Å². The quantitative estimate of drug-likeness (QED) is 0.563. The lowest BCUT2D eigenvalue weighted by atomic mass is 9.75. The summed E-state index contributed by atoms with van der Waals surface area (Å²) in [5, 5.41) is 0. The Hall–Kier alpha value is -3.14. The fourth-order valence-electron chi connectivity index (χ4n) is 5.05. The molecule has 0 amide bonds. The largest absolute Gasteiger partial charge is 0.496 e. The summed E-state index contributed by atoms with van der Waals surface area (Å²) in [6.07, 6.45) is 1.07. The second kappa shape index (κ2) is 6.73. The molecule has 3 aromatic carbocycles. The Balaban J connectivity index is 1.91. The average Bonchev–Trinajstić information content (AvgIpc) is 2.77. The van der Waals surface area contributed by atoms with Crippen molar-refractivity contribution in [3.63, 3.8) is 0 Å². The van der Waals surface area contributed by atoms with Gasteiger partial charge < -0.3 is 19.3 Å². The molecule has 29 heavy (non-hydrogen) atoms. The van der Waals surface area contributed by atoms with Crippen LogP contribution in [0.5, 0.6) is 11.5 Å². The Morgan fingerprint density at radius 2 is 1.21 bits per heavy atom. The van der Waals surface area contributed by atoms with Crippen molar-refractivity contribution in [3.8, 4) is 11.5 Å². The van der Waals surface area contributed by atoms with Gasteiger partial charge in [-0.15, -0.1) is 0 Å². The van der Waals surface area contributed by atoms with Crippen LogP contribution in [-0.2, 0) is 0 Å². The highest BCUT2D eigenvalue weighted by Gasteiger charge is 2.41. The lowest BCUT2D eigenvalue weighted by Gasteiger charge is -2.44. The first-order valence-electron chi connectivity index (χ1n) is 10.2. The van der Waals surface area contributed by atoms with Crippen LogP contribution in [0.25, 0.3) is 0 Å². The fourth-order valence-corrected chi connectivity index (χ4v) is 5.05. The zero-order valence-corrected chi connectivity index (χ0v) is 17.4. The van der Waals surface area contributed by atoms with Crippen LogP contribution in [0.4, 0.5) is 22.7 Å². The topological polar surface area (TPSA) is 24.9 Å². The average molecular weight is 386 g/mol. The number of anilines is 4. The molecule has 2 aliphatic heterocycles. The Morgan fingerprint density at radius 3 is 1.79 bits per heavy atom. The van der Waals surface area contributed by atoms with Crippen molar-refractivity contribution >= 4 is 22.7 Å². The Kier molecular flexibility index (Phi) is 4.16. The molecule has 0 radical (unpaired) electrons. The molecule has 0 aliphatic carbocycles. The maximum absolute atomic E-state index is 5.88. The van der Waals surface area contributed by atoms with Gasteiger partial charge in [-0.05, 0) is 42.8 Å². The molecule has 4 heteroatoms. The van der Waals surface area contributed by atoms with Gasteiger partial charge in [0.15, 0.2) is 0 Å². The molecule has 0 N–H and O–H groups in total. The minimum Gasteiger partial charge on any atom is -0.496 e. The number of hydrogen-bond donors (Lipinski definition) is 0. The van der Waals surface area contributed by atoms with Crippen molar-refractivity contribution in [1.29, 1.82) is 0 Å². The summed E-state index contributed by atoms with van der Waals surface area (Å²) in [6, 6.07) is 19.3. The SMILES string of the molecule is CCCN1c2cccc(OC)c2C2c3c(OC)cccc3N(C)c3cccc1c32. The van der Waals surface area contributed by atoms with E-state index in [2.05, 4.69) is 78.4 Å². The van der Waals surface area contributed by atoms with Gasteiger partial charge in [0.05, 0.1) is 14.2 Å². The molecule has 0 fully saturated rings. The first-order valence-corrected chi connectivity index (χ1v) is 10.2. The molecule has 5 rings (SSSR count). The lowest BCUT2D eigenvalue weighted by Crippen LogP contribution is -2.32. The predicted octanol–water partition coefficient (Wildman–Crippen LogP) is 5.83. The number of hydrogen-bond acceptors (Lipinski definition) is 4. The van der Waals surface area contributed by atoms with E-state index in [1.54, 1.807) is 14.2 Å². The standard InChI is InChI=1S/C25H26N2O2/c1-5-15-27-18-11-6-9-16-22(18)25(24-19(27)12-8-14-21(24)29-4)23-17(26(16)2)10-7-13-20(23)28-3/h6-14,25H,5,15H2,1-4H3.